The minimum absolute atomic E-state index is 0.0429. The molecule has 0 radical (unpaired) electrons. The first-order valence-corrected chi connectivity index (χ1v) is 7.25. The number of methoxy groups -OCH3 is 2. The van der Waals surface area contributed by atoms with Gasteiger partial charge in [-0.3, -0.25) is 9.69 Å². The molecule has 5 heteroatoms. The van der Waals surface area contributed by atoms with Gasteiger partial charge in [-0.05, 0) is 23.6 Å². The zero-order valence-electron chi connectivity index (χ0n) is 13.0. The van der Waals surface area contributed by atoms with Crippen molar-refractivity contribution in [2.45, 2.75) is 20.0 Å². The van der Waals surface area contributed by atoms with Crippen molar-refractivity contribution in [3.63, 3.8) is 0 Å². The van der Waals surface area contributed by atoms with Gasteiger partial charge in [0.05, 0.1) is 20.1 Å². The van der Waals surface area contributed by atoms with Crippen molar-refractivity contribution in [1.82, 2.24) is 4.90 Å². The van der Waals surface area contributed by atoms with E-state index < -0.39 is 0 Å². The quantitative estimate of drug-likeness (QED) is 0.831. The Hall–Kier alpha value is -1.59. The van der Waals surface area contributed by atoms with Crippen molar-refractivity contribution in [1.29, 1.82) is 0 Å². The third-order valence-electron chi connectivity index (χ3n) is 4.17. The molecule has 1 aromatic carbocycles. The first-order chi connectivity index (χ1) is 10.1. The maximum absolute atomic E-state index is 11.8. The monoisotopic (exact) mass is 292 g/mol. The molecule has 0 saturated carbocycles. The second-order valence-corrected chi connectivity index (χ2v) is 5.65. The molecular weight excluding hydrogens is 268 g/mol. The summed E-state index contributed by atoms with van der Waals surface area (Å²) in [5.74, 6) is 1.01. The molecule has 21 heavy (non-hydrogen) atoms. The summed E-state index contributed by atoms with van der Waals surface area (Å²) in [6.45, 7) is 4.97. The lowest BCUT2D eigenvalue weighted by Crippen LogP contribution is -2.24. The maximum Gasteiger partial charge on any atom is 0.310 e. The van der Waals surface area contributed by atoms with Gasteiger partial charge in [0.2, 0.25) is 0 Å². The number of carbonyl (C=O) groups excluding carboxylic acids is 1. The third kappa shape index (κ3) is 3.54. The molecule has 2 rings (SSSR count). The van der Waals surface area contributed by atoms with Crippen LogP contribution in [-0.2, 0) is 22.6 Å². The summed E-state index contributed by atoms with van der Waals surface area (Å²) in [6, 6.07) is 6.01. The predicted molar refractivity (Wildman–Crippen MR) is 80.8 cm³/mol. The number of carbonyl (C=O) groups is 1. The van der Waals surface area contributed by atoms with Crippen LogP contribution < -0.4 is 10.5 Å². The van der Waals surface area contributed by atoms with Gasteiger partial charge in [-0.25, -0.2) is 0 Å². The lowest BCUT2D eigenvalue weighted by atomic mass is 9.99. The maximum atomic E-state index is 11.8. The van der Waals surface area contributed by atoms with E-state index in [0.29, 0.717) is 12.5 Å². The van der Waals surface area contributed by atoms with E-state index in [1.54, 1.807) is 7.11 Å². The van der Waals surface area contributed by atoms with Crippen molar-refractivity contribution in [3.8, 4) is 5.75 Å². The van der Waals surface area contributed by atoms with Crippen molar-refractivity contribution in [2.24, 2.45) is 17.6 Å². The molecule has 1 aromatic rings. The lowest BCUT2D eigenvalue weighted by molar-refractivity contribution is -0.146. The van der Waals surface area contributed by atoms with Gasteiger partial charge in [0.1, 0.15) is 5.75 Å². The molecule has 0 aliphatic carbocycles. The van der Waals surface area contributed by atoms with E-state index in [1.807, 2.05) is 12.1 Å². The van der Waals surface area contributed by atoms with Crippen LogP contribution in [0.2, 0.25) is 0 Å². The van der Waals surface area contributed by atoms with Crippen LogP contribution >= 0.6 is 0 Å². The summed E-state index contributed by atoms with van der Waals surface area (Å²) < 4.78 is 10.3. The molecule has 1 fully saturated rings. The van der Waals surface area contributed by atoms with Crippen LogP contribution in [0.5, 0.6) is 5.75 Å². The van der Waals surface area contributed by atoms with E-state index in [4.69, 9.17) is 15.2 Å². The molecule has 5 nitrogen and oxygen atoms in total. The molecule has 1 heterocycles. The highest BCUT2D eigenvalue weighted by atomic mass is 16.5. The first kappa shape index (κ1) is 15.8. The first-order valence-electron chi connectivity index (χ1n) is 7.25. The highest BCUT2D eigenvalue weighted by Crippen LogP contribution is 2.28. The number of esters is 1. The van der Waals surface area contributed by atoms with Crippen molar-refractivity contribution in [2.75, 3.05) is 27.3 Å². The van der Waals surface area contributed by atoms with Crippen LogP contribution in [-0.4, -0.2) is 38.2 Å². The molecular formula is C16H24N2O3. The minimum atomic E-state index is -0.118. The molecule has 1 aliphatic heterocycles. The molecule has 0 aromatic heterocycles. The predicted octanol–water partition coefficient (Wildman–Crippen LogP) is 1.39. The van der Waals surface area contributed by atoms with E-state index in [1.165, 1.54) is 7.11 Å². The van der Waals surface area contributed by atoms with Gasteiger partial charge in [-0.1, -0.05) is 13.0 Å². The number of ether oxygens (including phenoxy) is 2. The van der Waals surface area contributed by atoms with Gasteiger partial charge >= 0.3 is 5.97 Å². The Labute approximate surface area is 126 Å². The normalized spacial score (nSPS) is 22.3. The van der Waals surface area contributed by atoms with Crippen LogP contribution in [0.25, 0.3) is 0 Å². The van der Waals surface area contributed by atoms with Crippen LogP contribution in [0, 0.1) is 11.8 Å². The van der Waals surface area contributed by atoms with Gasteiger partial charge in [0.25, 0.3) is 0 Å². The van der Waals surface area contributed by atoms with Crippen LogP contribution in [0.3, 0.4) is 0 Å². The Balaban J connectivity index is 2.10. The van der Waals surface area contributed by atoms with Crippen molar-refractivity contribution < 1.29 is 14.3 Å². The van der Waals surface area contributed by atoms with Crippen LogP contribution in [0.1, 0.15) is 18.1 Å². The molecule has 1 aliphatic rings. The molecule has 0 bridgehead atoms. The van der Waals surface area contributed by atoms with E-state index in [0.717, 1.165) is 36.5 Å². The largest absolute Gasteiger partial charge is 0.496 e. The SMILES string of the molecule is COC(=O)C1CN(Cc2cc(CN)ccc2OC)CC1C. The fourth-order valence-electron chi connectivity index (χ4n) is 2.98. The van der Waals surface area contributed by atoms with Gasteiger partial charge in [-0.15, -0.1) is 0 Å². The Bertz CT molecular complexity index is 504. The Kier molecular flexibility index (Phi) is 5.20. The Morgan fingerprint density at radius 1 is 1.38 bits per heavy atom. The van der Waals surface area contributed by atoms with Crippen molar-refractivity contribution in [3.05, 3.63) is 29.3 Å². The summed E-state index contributed by atoms with van der Waals surface area (Å²) in [5.41, 5.74) is 7.90. The highest BCUT2D eigenvalue weighted by Gasteiger charge is 2.35. The standard InChI is InChI=1S/C16H24N2O3/c1-11-8-18(10-14(11)16(19)21-3)9-13-6-12(7-17)4-5-15(13)20-2/h4-6,11,14H,7-10,17H2,1-3H3. The number of hydrogen-bond donors (Lipinski definition) is 1. The third-order valence-corrected chi connectivity index (χ3v) is 4.17. The fourth-order valence-corrected chi connectivity index (χ4v) is 2.98. The smallest absolute Gasteiger partial charge is 0.310 e. The second-order valence-electron chi connectivity index (χ2n) is 5.65. The number of rotatable bonds is 5. The average Bonchev–Trinajstić information content (AvgIpc) is 2.86. The topological polar surface area (TPSA) is 64.8 Å². The Morgan fingerprint density at radius 3 is 2.76 bits per heavy atom. The van der Waals surface area contributed by atoms with Gasteiger partial charge in [0, 0.05) is 31.7 Å². The van der Waals surface area contributed by atoms with E-state index in [2.05, 4.69) is 17.9 Å². The summed E-state index contributed by atoms with van der Waals surface area (Å²) in [7, 11) is 3.12. The summed E-state index contributed by atoms with van der Waals surface area (Å²) in [6.07, 6.45) is 0. The second kappa shape index (κ2) is 6.91. The van der Waals surface area contributed by atoms with Crippen molar-refractivity contribution >= 4 is 5.97 Å². The number of hydrogen-bond acceptors (Lipinski definition) is 5. The fraction of sp³-hybridized carbons (Fsp3) is 0.562. The summed E-state index contributed by atoms with van der Waals surface area (Å²) >= 11 is 0. The summed E-state index contributed by atoms with van der Waals surface area (Å²) in [5, 5.41) is 0. The number of nitrogens with zero attached hydrogens (tertiary/aromatic N) is 1. The van der Waals surface area contributed by atoms with E-state index in [-0.39, 0.29) is 11.9 Å². The molecule has 0 amide bonds. The van der Waals surface area contributed by atoms with Crippen LogP contribution in [0.15, 0.2) is 18.2 Å². The number of benzene rings is 1. The average molecular weight is 292 g/mol. The Morgan fingerprint density at radius 2 is 2.14 bits per heavy atom. The molecule has 2 unspecified atom stereocenters. The van der Waals surface area contributed by atoms with Gasteiger partial charge in [0.15, 0.2) is 0 Å². The molecule has 2 N–H and O–H groups in total. The van der Waals surface area contributed by atoms with E-state index >= 15 is 0 Å². The molecule has 2 atom stereocenters. The number of likely N-dealkylation sites (tertiary alicyclic amines) is 1. The molecule has 0 spiro atoms. The molecule has 1 saturated heterocycles. The van der Waals surface area contributed by atoms with E-state index in [9.17, 15) is 4.79 Å². The molecule has 116 valence electrons. The summed E-state index contributed by atoms with van der Waals surface area (Å²) in [4.78, 5) is 14.0. The highest BCUT2D eigenvalue weighted by molar-refractivity contribution is 5.73. The minimum Gasteiger partial charge on any atom is -0.496 e. The zero-order valence-corrected chi connectivity index (χ0v) is 13.0. The van der Waals surface area contributed by atoms with Gasteiger partial charge in [-0.2, -0.15) is 0 Å². The lowest BCUT2D eigenvalue weighted by Gasteiger charge is -2.18. The number of nitrogens with two attached hydrogens (primary N) is 1. The van der Waals surface area contributed by atoms with Gasteiger partial charge < -0.3 is 15.2 Å². The zero-order chi connectivity index (χ0) is 15.4. The van der Waals surface area contributed by atoms with Crippen LogP contribution in [0.4, 0.5) is 0 Å².